The number of nitrogens with zero attached hydrogens (tertiary/aromatic N) is 3. The van der Waals surface area contributed by atoms with E-state index in [1.165, 1.54) is 25.9 Å². The zero-order valence-electron chi connectivity index (χ0n) is 12.7. The molecule has 0 aromatic heterocycles. The van der Waals surface area contributed by atoms with Crippen LogP contribution in [0.4, 0.5) is 0 Å². The molecule has 0 spiro atoms. The molecular formula is C15H28N4. The van der Waals surface area contributed by atoms with Gasteiger partial charge in [0.1, 0.15) is 5.54 Å². The van der Waals surface area contributed by atoms with E-state index in [-0.39, 0.29) is 5.54 Å². The summed E-state index contributed by atoms with van der Waals surface area (Å²) in [6, 6.07) is 3.82. The van der Waals surface area contributed by atoms with Crippen molar-refractivity contribution in [2.24, 2.45) is 0 Å². The molecule has 2 fully saturated rings. The molecular weight excluding hydrogens is 236 g/mol. The van der Waals surface area contributed by atoms with Crippen molar-refractivity contribution in [3.63, 3.8) is 0 Å². The first-order valence-corrected chi connectivity index (χ1v) is 7.76. The van der Waals surface area contributed by atoms with Gasteiger partial charge in [-0.05, 0) is 45.8 Å². The first-order valence-electron chi connectivity index (χ1n) is 7.76. The summed E-state index contributed by atoms with van der Waals surface area (Å²) in [5.41, 5.74) is -0.266. The standard InChI is InChI=1S/C15H28N4/c1-4-18(5-2)14-7-9-19(11-14)13-6-8-15(10-13,12-16)17-3/h13-14,17H,4-11H2,1-3H3. The number of rotatable bonds is 5. The van der Waals surface area contributed by atoms with Gasteiger partial charge in [-0.1, -0.05) is 13.8 Å². The normalized spacial score (nSPS) is 35.9. The topological polar surface area (TPSA) is 42.3 Å². The molecule has 1 heterocycles. The second-order valence-electron chi connectivity index (χ2n) is 6.00. The zero-order valence-corrected chi connectivity index (χ0v) is 12.7. The van der Waals surface area contributed by atoms with Crippen LogP contribution < -0.4 is 5.32 Å². The smallest absolute Gasteiger partial charge is 0.108 e. The Labute approximate surface area is 117 Å². The Bertz CT molecular complexity index is 334. The second kappa shape index (κ2) is 6.21. The molecule has 1 aliphatic carbocycles. The molecule has 3 atom stereocenters. The highest BCUT2D eigenvalue weighted by Gasteiger charge is 2.42. The van der Waals surface area contributed by atoms with Gasteiger partial charge >= 0.3 is 0 Å². The number of likely N-dealkylation sites (N-methyl/N-ethyl adjacent to an activating group) is 1. The predicted molar refractivity (Wildman–Crippen MR) is 77.9 cm³/mol. The van der Waals surface area contributed by atoms with Gasteiger partial charge in [0.15, 0.2) is 0 Å². The highest BCUT2D eigenvalue weighted by atomic mass is 15.3. The molecule has 0 amide bonds. The fourth-order valence-electron chi connectivity index (χ4n) is 3.85. The van der Waals surface area contributed by atoms with Gasteiger partial charge in [-0.25, -0.2) is 0 Å². The van der Waals surface area contributed by atoms with Crippen LogP contribution in [0, 0.1) is 11.3 Å². The van der Waals surface area contributed by atoms with Crippen LogP contribution in [-0.2, 0) is 0 Å². The van der Waals surface area contributed by atoms with E-state index in [1.54, 1.807) is 0 Å². The van der Waals surface area contributed by atoms with Crippen LogP contribution in [0.25, 0.3) is 0 Å². The number of likely N-dealkylation sites (tertiary alicyclic amines) is 1. The van der Waals surface area contributed by atoms with Crippen LogP contribution in [0.15, 0.2) is 0 Å². The molecule has 1 aliphatic heterocycles. The van der Waals surface area contributed by atoms with Crippen molar-refractivity contribution in [2.75, 3.05) is 33.2 Å². The van der Waals surface area contributed by atoms with E-state index < -0.39 is 0 Å². The second-order valence-corrected chi connectivity index (χ2v) is 6.00. The van der Waals surface area contributed by atoms with Gasteiger partial charge in [-0.3, -0.25) is 9.80 Å². The molecule has 1 N–H and O–H groups in total. The largest absolute Gasteiger partial charge is 0.302 e. The minimum absolute atomic E-state index is 0.266. The lowest BCUT2D eigenvalue weighted by Gasteiger charge is -2.29. The molecule has 1 saturated carbocycles. The summed E-state index contributed by atoms with van der Waals surface area (Å²) in [5, 5.41) is 12.6. The molecule has 1 saturated heterocycles. The number of hydrogen-bond donors (Lipinski definition) is 1. The third kappa shape index (κ3) is 2.94. The SMILES string of the molecule is CCN(CC)C1CCN(C2CCC(C#N)(NC)C2)C1. The van der Waals surface area contributed by atoms with E-state index in [0.717, 1.165) is 32.0 Å². The summed E-state index contributed by atoms with van der Waals surface area (Å²) >= 11 is 0. The van der Waals surface area contributed by atoms with Gasteiger partial charge in [0.2, 0.25) is 0 Å². The van der Waals surface area contributed by atoms with Crippen LogP contribution in [0.3, 0.4) is 0 Å². The maximum absolute atomic E-state index is 9.35. The van der Waals surface area contributed by atoms with Crippen LogP contribution in [0.1, 0.15) is 39.5 Å². The van der Waals surface area contributed by atoms with Gasteiger partial charge in [-0.2, -0.15) is 5.26 Å². The monoisotopic (exact) mass is 264 g/mol. The van der Waals surface area contributed by atoms with E-state index in [9.17, 15) is 5.26 Å². The summed E-state index contributed by atoms with van der Waals surface area (Å²) in [7, 11) is 1.92. The van der Waals surface area contributed by atoms with Crippen molar-refractivity contribution in [2.45, 2.75) is 57.2 Å². The molecule has 4 nitrogen and oxygen atoms in total. The number of hydrogen-bond acceptors (Lipinski definition) is 4. The molecule has 2 rings (SSSR count). The van der Waals surface area contributed by atoms with Crippen LogP contribution in [-0.4, -0.2) is 60.6 Å². The number of nitriles is 1. The van der Waals surface area contributed by atoms with Gasteiger partial charge < -0.3 is 5.32 Å². The van der Waals surface area contributed by atoms with Crippen LogP contribution >= 0.6 is 0 Å². The van der Waals surface area contributed by atoms with Crippen molar-refractivity contribution in [1.29, 1.82) is 5.26 Å². The third-order valence-electron chi connectivity index (χ3n) is 5.22. The Kier molecular flexibility index (Phi) is 4.83. The average Bonchev–Trinajstić information content (AvgIpc) is 3.07. The fraction of sp³-hybridized carbons (Fsp3) is 0.933. The Morgan fingerprint density at radius 3 is 2.63 bits per heavy atom. The number of nitrogens with one attached hydrogen (secondary N) is 1. The fourth-order valence-corrected chi connectivity index (χ4v) is 3.85. The van der Waals surface area contributed by atoms with Crippen molar-refractivity contribution >= 4 is 0 Å². The van der Waals surface area contributed by atoms with Crippen LogP contribution in [0.5, 0.6) is 0 Å². The van der Waals surface area contributed by atoms with E-state index >= 15 is 0 Å². The molecule has 4 heteroatoms. The third-order valence-corrected chi connectivity index (χ3v) is 5.22. The van der Waals surface area contributed by atoms with Crippen molar-refractivity contribution in [3.05, 3.63) is 0 Å². The zero-order chi connectivity index (χ0) is 13.9. The van der Waals surface area contributed by atoms with E-state index in [1.807, 2.05) is 7.05 Å². The highest BCUT2D eigenvalue weighted by Crippen LogP contribution is 2.34. The Morgan fingerprint density at radius 2 is 2.11 bits per heavy atom. The first kappa shape index (κ1) is 14.8. The maximum atomic E-state index is 9.35. The highest BCUT2D eigenvalue weighted by molar-refractivity contribution is 5.13. The lowest BCUT2D eigenvalue weighted by Crippen LogP contribution is -2.42. The summed E-state index contributed by atoms with van der Waals surface area (Å²) < 4.78 is 0. The van der Waals surface area contributed by atoms with E-state index in [0.29, 0.717) is 6.04 Å². The van der Waals surface area contributed by atoms with E-state index in [4.69, 9.17) is 0 Å². The molecule has 0 aromatic carbocycles. The van der Waals surface area contributed by atoms with Gasteiger partial charge in [0.25, 0.3) is 0 Å². The molecule has 108 valence electrons. The van der Waals surface area contributed by atoms with E-state index in [2.05, 4.69) is 35.0 Å². The maximum Gasteiger partial charge on any atom is 0.108 e. The van der Waals surface area contributed by atoms with Gasteiger partial charge in [0, 0.05) is 25.2 Å². The Hall–Kier alpha value is -0.630. The Morgan fingerprint density at radius 1 is 1.37 bits per heavy atom. The molecule has 0 aromatic rings. The first-order chi connectivity index (χ1) is 9.18. The molecule has 19 heavy (non-hydrogen) atoms. The molecule has 0 bridgehead atoms. The summed E-state index contributed by atoms with van der Waals surface area (Å²) in [6.07, 6.45) is 4.44. The van der Waals surface area contributed by atoms with Crippen molar-refractivity contribution in [3.8, 4) is 6.07 Å². The summed E-state index contributed by atoms with van der Waals surface area (Å²) in [5.74, 6) is 0. The predicted octanol–water partition coefficient (Wildman–Crippen LogP) is 1.44. The summed E-state index contributed by atoms with van der Waals surface area (Å²) in [4.78, 5) is 5.20. The quantitative estimate of drug-likeness (QED) is 0.816. The lowest BCUT2D eigenvalue weighted by atomic mass is 10.00. The van der Waals surface area contributed by atoms with Crippen LogP contribution in [0.2, 0.25) is 0 Å². The minimum Gasteiger partial charge on any atom is -0.302 e. The molecule has 0 radical (unpaired) electrons. The van der Waals surface area contributed by atoms with Crippen molar-refractivity contribution < 1.29 is 0 Å². The lowest BCUT2D eigenvalue weighted by molar-refractivity contribution is 0.185. The molecule has 2 aliphatic rings. The minimum atomic E-state index is -0.266. The van der Waals surface area contributed by atoms with Gasteiger partial charge in [-0.15, -0.1) is 0 Å². The van der Waals surface area contributed by atoms with Crippen molar-refractivity contribution in [1.82, 2.24) is 15.1 Å². The summed E-state index contributed by atoms with van der Waals surface area (Å²) in [6.45, 7) is 9.21. The molecule has 3 unspecified atom stereocenters. The Balaban J connectivity index is 1.91. The average molecular weight is 264 g/mol. The van der Waals surface area contributed by atoms with Gasteiger partial charge in [0.05, 0.1) is 6.07 Å².